The molecule has 0 amide bonds. The van der Waals surface area contributed by atoms with Crippen LogP contribution in [0.3, 0.4) is 0 Å². The van der Waals surface area contributed by atoms with Gasteiger partial charge < -0.3 is 0 Å². The lowest BCUT2D eigenvalue weighted by atomic mass is 10.2. The van der Waals surface area contributed by atoms with Gasteiger partial charge in [0.05, 0.1) is 10.5 Å². The van der Waals surface area contributed by atoms with E-state index in [-0.39, 0.29) is 5.02 Å². The Kier molecular flexibility index (Phi) is 2.32. The molecule has 2 aromatic rings. The van der Waals surface area contributed by atoms with Crippen molar-refractivity contribution in [2.75, 3.05) is 0 Å². The van der Waals surface area contributed by atoms with Crippen LogP contribution in [0.15, 0.2) is 12.1 Å². The third-order valence-electron chi connectivity index (χ3n) is 3.00. The lowest BCUT2D eigenvalue weighted by molar-refractivity contribution is 0.544. The highest BCUT2D eigenvalue weighted by Gasteiger charge is 2.21. The minimum Gasteiger partial charge on any atom is -0.245 e. The van der Waals surface area contributed by atoms with E-state index < -0.39 is 5.82 Å². The molecule has 3 rings (SSSR count). The van der Waals surface area contributed by atoms with Crippen LogP contribution in [0.1, 0.15) is 19.3 Å². The highest BCUT2D eigenvalue weighted by molar-refractivity contribution is 6.31. The van der Waals surface area contributed by atoms with Crippen molar-refractivity contribution in [2.24, 2.45) is 5.92 Å². The van der Waals surface area contributed by atoms with Crippen LogP contribution in [-0.4, -0.2) is 15.0 Å². The Hall–Kier alpha value is -1.16. The zero-order chi connectivity index (χ0) is 11.1. The minimum absolute atomic E-state index is 0.127. The second-order valence-corrected chi connectivity index (χ2v) is 4.71. The molecule has 1 heterocycles. The van der Waals surface area contributed by atoms with Crippen LogP contribution in [0.5, 0.6) is 0 Å². The van der Waals surface area contributed by atoms with Crippen LogP contribution < -0.4 is 0 Å². The fraction of sp³-hybridized carbons (Fsp3) is 0.455. The van der Waals surface area contributed by atoms with Gasteiger partial charge in [-0.05, 0) is 18.4 Å². The smallest absolute Gasteiger partial charge is 0.144 e. The molecular weight excluding hydrogens is 229 g/mol. The summed E-state index contributed by atoms with van der Waals surface area (Å²) < 4.78 is 15.0. The van der Waals surface area contributed by atoms with E-state index in [2.05, 4.69) is 10.3 Å². The van der Waals surface area contributed by atoms with Crippen molar-refractivity contribution in [3.05, 3.63) is 23.0 Å². The maximum atomic E-state index is 13.2. The monoisotopic (exact) mass is 239 g/mol. The molecule has 5 heteroatoms. The van der Waals surface area contributed by atoms with Crippen molar-refractivity contribution in [1.82, 2.24) is 15.0 Å². The first kappa shape index (κ1) is 10.0. The van der Waals surface area contributed by atoms with E-state index in [4.69, 9.17) is 11.6 Å². The van der Waals surface area contributed by atoms with E-state index in [0.29, 0.717) is 5.52 Å². The maximum Gasteiger partial charge on any atom is 0.144 e. The Morgan fingerprint density at radius 1 is 1.44 bits per heavy atom. The van der Waals surface area contributed by atoms with Gasteiger partial charge in [0.2, 0.25) is 0 Å². The summed E-state index contributed by atoms with van der Waals surface area (Å²) in [6, 6.07) is 2.93. The number of rotatable bonds is 3. The summed E-state index contributed by atoms with van der Waals surface area (Å²) in [7, 11) is 0. The number of aromatic nitrogens is 3. The quantitative estimate of drug-likeness (QED) is 0.824. The average molecular weight is 240 g/mol. The van der Waals surface area contributed by atoms with Crippen molar-refractivity contribution in [2.45, 2.75) is 25.8 Å². The predicted octanol–water partition coefficient (Wildman–Crippen LogP) is 3.02. The molecule has 1 aliphatic rings. The van der Waals surface area contributed by atoms with Gasteiger partial charge in [-0.25, -0.2) is 9.07 Å². The zero-order valence-corrected chi connectivity index (χ0v) is 9.41. The first-order valence-corrected chi connectivity index (χ1v) is 5.80. The maximum absolute atomic E-state index is 13.2. The Morgan fingerprint density at radius 3 is 3.00 bits per heavy atom. The minimum atomic E-state index is -0.441. The van der Waals surface area contributed by atoms with E-state index in [0.717, 1.165) is 24.4 Å². The van der Waals surface area contributed by atoms with Crippen molar-refractivity contribution < 1.29 is 4.39 Å². The topological polar surface area (TPSA) is 30.7 Å². The van der Waals surface area contributed by atoms with Gasteiger partial charge in [0, 0.05) is 12.6 Å². The summed E-state index contributed by atoms with van der Waals surface area (Å²) in [5.74, 6) is 0.401. The summed E-state index contributed by atoms with van der Waals surface area (Å²) in [6.07, 6.45) is 3.76. The second-order valence-electron chi connectivity index (χ2n) is 4.30. The Labute approximate surface area is 97.2 Å². The lowest BCUT2D eigenvalue weighted by Gasteiger charge is -2.01. The van der Waals surface area contributed by atoms with Crippen LogP contribution in [0.4, 0.5) is 4.39 Å². The number of nitrogens with zero attached hydrogens (tertiary/aromatic N) is 3. The molecule has 0 aliphatic heterocycles. The zero-order valence-electron chi connectivity index (χ0n) is 8.66. The molecule has 1 saturated carbocycles. The first-order chi connectivity index (χ1) is 7.74. The molecule has 0 saturated heterocycles. The fourth-order valence-electron chi connectivity index (χ4n) is 1.84. The number of halogens is 2. The molecule has 1 aromatic heterocycles. The largest absolute Gasteiger partial charge is 0.245 e. The fourth-order valence-corrected chi connectivity index (χ4v) is 2.00. The van der Waals surface area contributed by atoms with Crippen LogP contribution >= 0.6 is 11.6 Å². The van der Waals surface area contributed by atoms with E-state index in [9.17, 15) is 4.39 Å². The van der Waals surface area contributed by atoms with E-state index in [1.807, 2.05) is 0 Å². The van der Waals surface area contributed by atoms with E-state index in [1.54, 1.807) is 10.7 Å². The number of fused-ring (bicyclic) bond motifs is 1. The van der Waals surface area contributed by atoms with Crippen LogP contribution in [0.2, 0.25) is 5.02 Å². The van der Waals surface area contributed by atoms with Gasteiger partial charge in [-0.2, -0.15) is 0 Å². The van der Waals surface area contributed by atoms with Crippen LogP contribution in [0.25, 0.3) is 11.0 Å². The molecule has 0 unspecified atom stereocenters. The Balaban J connectivity index is 1.94. The van der Waals surface area contributed by atoms with Crippen LogP contribution in [-0.2, 0) is 6.54 Å². The molecule has 0 radical (unpaired) electrons. The van der Waals surface area contributed by atoms with Gasteiger partial charge in [0.15, 0.2) is 0 Å². The lowest BCUT2D eigenvalue weighted by Crippen LogP contribution is -2.01. The highest BCUT2D eigenvalue weighted by atomic mass is 35.5. The van der Waals surface area contributed by atoms with Gasteiger partial charge in [0.1, 0.15) is 11.3 Å². The molecule has 84 valence electrons. The molecule has 1 aliphatic carbocycles. The molecule has 3 nitrogen and oxygen atoms in total. The average Bonchev–Trinajstić information content (AvgIpc) is 3.01. The second kappa shape index (κ2) is 3.70. The number of aryl methyl sites for hydroxylation is 1. The molecule has 0 atom stereocenters. The van der Waals surface area contributed by atoms with E-state index >= 15 is 0 Å². The molecule has 0 bridgehead atoms. The van der Waals surface area contributed by atoms with Gasteiger partial charge in [-0.15, -0.1) is 5.10 Å². The summed E-state index contributed by atoms with van der Waals surface area (Å²) in [6.45, 7) is 0.836. The summed E-state index contributed by atoms with van der Waals surface area (Å²) in [5, 5.41) is 8.08. The highest BCUT2D eigenvalue weighted by Crippen LogP contribution is 2.33. The van der Waals surface area contributed by atoms with E-state index in [1.165, 1.54) is 18.9 Å². The van der Waals surface area contributed by atoms with Crippen molar-refractivity contribution in [3.8, 4) is 0 Å². The van der Waals surface area contributed by atoms with Gasteiger partial charge >= 0.3 is 0 Å². The summed E-state index contributed by atoms with van der Waals surface area (Å²) in [4.78, 5) is 0. The predicted molar refractivity (Wildman–Crippen MR) is 59.8 cm³/mol. The molecule has 0 spiro atoms. The molecule has 16 heavy (non-hydrogen) atoms. The molecule has 0 N–H and O–H groups in total. The summed E-state index contributed by atoms with van der Waals surface area (Å²) >= 11 is 5.75. The first-order valence-electron chi connectivity index (χ1n) is 5.42. The SMILES string of the molecule is Fc1cc2nnn(CCC3CC3)c2cc1Cl. The number of hydrogen-bond donors (Lipinski definition) is 0. The molecular formula is C11H11ClFN3. The van der Waals surface area contributed by atoms with Crippen LogP contribution in [0, 0.1) is 11.7 Å². The Bertz CT molecular complexity index is 533. The van der Waals surface area contributed by atoms with Crippen molar-refractivity contribution in [3.63, 3.8) is 0 Å². The third kappa shape index (κ3) is 1.78. The van der Waals surface area contributed by atoms with Crippen molar-refractivity contribution >= 4 is 22.6 Å². The van der Waals surface area contributed by atoms with Gasteiger partial charge in [0.25, 0.3) is 0 Å². The number of hydrogen-bond acceptors (Lipinski definition) is 2. The molecule has 1 fully saturated rings. The molecule has 1 aromatic carbocycles. The summed E-state index contributed by atoms with van der Waals surface area (Å²) in [5.41, 5.74) is 1.38. The normalized spacial score (nSPS) is 15.9. The van der Waals surface area contributed by atoms with Gasteiger partial charge in [-0.3, -0.25) is 0 Å². The standard InChI is InChI=1S/C11H11ClFN3/c12-8-5-11-10(6-9(8)13)14-15-16(11)4-3-7-1-2-7/h5-7H,1-4H2. The van der Waals surface area contributed by atoms with Gasteiger partial charge in [-0.1, -0.05) is 29.7 Å². The third-order valence-corrected chi connectivity index (χ3v) is 3.29. The Morgan fingerprint density at radius 2 is 2.25 bits per heavy atom. The van der Waals surface area contributed by atoms with Crippen molar-refractivity contribution in [1.29, 1.82) is 0 Å². The number of benzene rings is 1.